The number of aryl methyl sites for hydroxylation is 1. The number of aromatic carboxylic acids is 1. The van der Waals surface area contributed by atoms with Crippen molar-refractivity contribution in [3.63, 3.8) is 0 Å². The summed E-state index contributed by atoms with van der Waals surface area (Å²) in [5.41, 5.74) is 0.0742. The molecule has 1 aliphatic rings. The number of nitrogens with zero attached hydrogens (tertiary/aromatic N) is 2. The summed E-state index contributed by atoms with van der Waals surface area (Å²) in [5, 5.41) is 21.6. The lowest BCUT2D eigenvalue weighted by atomic mass is 9.99. The van der Waals surface area contributed by atoms with Gasteiger partial charge in [-0.25, -0.2) is 9.79 Å². The average molecular weight is 436 g/mol. The van der Waals surface area contributed by atoms with Crippen molar-refractivity contribution < 1.29 is 19.8 Å². The Labute approximate surface area is 178 Å². The number of carbonyl (C=O) groups is 2. The van der Waals surface area contributed by atoms with E-state index in [1.54, 1.807) is 34.9 Å². The molecular formula is C22H14ClN3O5. The van der Waals surface area contributed by atoms with Crippen LogP contribution in [-0.2, 0) is 11.3 Å². The lowest BCUT2D eigenvalue weighted by molar-refractivity contribution is -0.112. The number of nitrogens with one attached hydrogen (secondary N) is 1. The first kappa shape index (κ1) is 19.1. The molecule has 31 heavy (non-hydrogen) atoms. The Kier molecular flexibility index (Phi) is 4.03. The van der Waals surface area contributed by atoms with Crippen LogP contribution < -0.4 is 16.0 Å². The second kappa shape index (κ2) is 6.55. The lowest BCUT2D eigenvalue weighted by Crippen LogP contribution is -2.32. The Morgan fingerprint density at radius 3 is 2.71 bits per heavy atom. The van der Waals surface area contributed by atoms with Gasteiger partial charge in [-0.2, -0.15) is 0 Å². The zero-order chi connectivity index (χ0) is 22.0. The van der Waals surface area contributed by atoms with Crippen molar-refractivity contribution in [3.8, 4) is 5.88 Å². The summed E-state index contributed by atoms with van der Waals surface area (Å²) in [6, 6.07) is 8.13. The van der Waals surface area contributed by atoms with Crippen LogP contribution >= 0.6 is 11.6 Å². The SMILES string of the molecule is CCn1cc(C(=O)O)c(=O)c2c3c(ccc21)=NC(=O)C=3c1c(O)[nH]c2ccc(Cl)cc12. The Hall–Kier alpha value is -3.91. The third-order valence-corrected chi connectivity index (χ3v) is 5.71. The maximum atomic E-state index is 13.2. The largest absolute Gasteiger partial charge is 0.494 e. The molecular weight excluding hydrogens is 422 g/mol. The van der Waals surface area contributed by atoms with E-state index in [0.717, 1.165) is 0 Å². The normalized spacial score (nSPS) is 13.1. The highest BCUT2D eigenvalue weighted by Gasteiger charge is 2.28. The topological polar surface area (TPSA) is 125 Å². The van der Waals surface area contributed by atoms with E-state index in [2.05, 4.69) is 9.98 Å². The van der Waals surface area contributed by atoms with E-state index in [1.807, 2.05) is 6.92 Å². The fraction of sp³-hybridized carbons (Fsp3) is 0.0909. The van der Waals surface area contributed by atoms with Gasteiger partial charge in [0, 0.05) is 33.9 Å². The molecule has 1 aliphatic heterocycles. The van der Waals surface area contributed by atoms with E-state index in [4.69, 9.17) is 11.6 Å². The summed E-state index contributed by atoms with van der Waals surface area (Å²) in [7, 11) is 0. The summed E-state index contributed by atoms with van der Waals surface area (Å²) in [6.07, 6.45) is 1.29. The van der Waals surface area contributed by atoms with Crippen molar-refractivity contribution in [2.24, 2.45) is 4.99 Å². The van der Waals surface area contributed by atoms with E-state index >= 15 is 0 Å². The molecule has 3 heterocycles. The summed E-state index contributed by atoms with van der Waals surface area (Å²) in [4.78, 5) is 44.7. The van der Waals surface area contributed by atoms with E-state index in [0.29, 0.717) is 28.0 Å². The van der Waals surface area contributed by atoms with Gasteiger partial charge in [0.1, 0.15) is 5.56 Å². The Balaban J connectivity index is 2.08. The first-order valence-corrected chi connectivity index (χ1v) is 9.77. The molecule has 0 bridgehead atoms. The van der Waals surface area contributed by atoms with Crippen molar-refractivity contribution in [3.05, 3.63) is 73.5 Å². The minimum absolute atomic E-state index is 0.0221. The highest BCUT2D eigenvalue weighted by Crippen LogP contribution is 2.34. The standard InChI is InChI=1S/C22H14ClN3O5/c1-2-26-8-11(22(30)31)19(27)17-14(26)6-5-13-16(17)18(21(29)25-13)15-10-7-9(23)3-4-12(10)24-20(15)28/h3-8,24,28H,2H2,1H3,(H,30,31). The molecule has 2 aromatic carbocycles. The van der Waals surface area contributed by atoms with Gasteiger partial charge < -0.3 is 19.8 Å². The molecule has 1 amide bonds. The summed E-state index contributed by atoms with van der Waals surface area (Å²) < 4.78 is 1.63. The molecule has 0 aliphatic carbocycles. The van der Waals surface area contributed by atoms with Crippen molar-refractivity contribution in [1.82, 2.24) is 9.55 Å². The molecule has 4 aromatic rings. The molecule has 9 heteroatoms. The van der Waals surface area contributed by atoms with Crippen LogP contribution in [0.3, 0.4) is 0 Å². The summed E-state index contributed by atoms with van der Waals surface area (Å²) in [5.74, 6) is -2.27. The highest BCUT2D eigenvalue weighted by molar-refractivity contribution is 6.32. The van der Waals surface area contributed by atoms with Crippen molar-refractivity contribution in [1.29, 1.82) is 0 Å². The van der Waals surface area contributed by atoms with Crippen LogP contribution in [0.4, 0.5) is 0 Å². The van der Waals surface area contributed by atoms with E-state index in [9.17, 15) is 24.6 Å². The van der Waals surface area contributed by atoms with Gasteiger partial charge in [0.15, 0.2) is 5.88 Å². The molecule has 0 unspecified atom stereocenters. The number of carboxylic acids is 1. The number of aromatic hydroxyl groups is 1. The van der Waals surface area contributed by atoms with Gasteiger partial charge in [-0.05, 0) is 37.3 Å². The van der Waals surface area contributed by atoms with Gasteiger partial charge in [-0.15, -0.1) is 0 Å². The van der Waals surface area contributed by atoms with Gasteiger partial charge in [-0.1, -0.05) is 11.6 Å². The predicted molar refractivity (Wildman–Crippen MR) is 114 cm³/mol. The number of hydrogen-bond donors (Lipinski definition) is 3. The molecule has 0 saturated heterocycles. The van der Waals surface area contributed by atoms with E-state index in [1.165, 1.54) is 6.20 Å². The Morgan fingerprint density at radius 2 is 2.00 bits per heavy atom. The van der Waals surface area contributed by atoms with Crippen LogP contribution in [0.2, 0.25) is 5.02 Å². The molecule has 0 fully saturated rings. The van der Waals surface area contributed by atoms with E-state index in [-0.39, 0.29) is 33.0 Å². The molecule has 154 valence electrons. The van der Waals surface area contributed by atoms with Crippen molar-refractivity contribution >= 4 is 50.9 Å². The molecule has 0 spiro atoms. The number of aromatic amines is 1. The second-order valence-electron chi connectivity index (χ2n) is 7.15. The zero-order valence-electron chi connectivity index (χ0n) is 16.1. The highest BCUT2D eigenvalue weighted by atomic mass is 35.5. The number of carboxylic acid groups (broad SMARTS) is 1. The number of benzene rings is 2. The van der Waals surface area contributed by atoms with Crippen molar-refractivity contribution in [2.45, 2.75) is 13.5 Å². The number of amides is 1. The maximum absolute atomic E-state index is 13.2. The second-order valence-corrected chi connectivity index (χ2v) is 7.58. The van der Waals surface area contributed by atoms with Crippen LogP contribution in [0.15, 0.2) is 46.3 Å². The first-order chi connectivity index (χ1) is 14.8. The lowest BCUT2D eigenvalue weighted by Gasteiger charge is -2.10. The van der Waals surface area contributed by atoms with Crippen LogP contribution in [0.25, 0.3) is 27.4 Å². The molecule has 8 nitrogen and oxygen atoms in total. The van der Waals surface area contributed by atoms with Gasteiger partial charge in [0.25, 0.3) is 5.91 Å². The number of rotatable bonds is 3. The summed E-state index contributed by atoms with van der Waals surface area (Å²) in [6.45, 7) is 2.22. The number of hydrogen-bond acceptors (Lipinski definition) is 4. The van der Waals surface area contributed by atoms with Crippen LogP contribution in [-0.4, -0.2) is 31.6 Å². The van der Waals surface area contributed by atoms with Gasteiger partial charge in [-0.3, -0.25) is 9.59 Å². The maximum Gasteiger partial charge on any atom is 0.341 e. The smallest absolute Gasteiger partial charge is 0.341 e. The minimum Gasteiger partial charge on any atom is -0.494 e. The minimum atomic E-state index is -1.36. The van der Waals surface area contributed by atoms with E-state index < -0.39 is 22.9 Å². The van der Waals surface area contributed by atoms with Gasteiger partial charge in [0.05, 0.1) is 27.4 Å². The number of H-pyrrole nitrogens is 1. The van der Waals surface area contributed by atoms with Gasteiger partial charge in [0.2, 0.25) is 5.43 Å². The summed E-state index contributed by atoms with van der Waals surface area (Å²) >= 11 is 6.13. The fourth-order valence-electron chi connectivity index (χ4n) is 4.14. The third-order valence-electron chi connectivity index (χ3n) is 5.48. The van der Waals surface area contributed by atoms with Crippen LogP contribution in [0.5, 0.6) is 5.88 Å². The number of aromatic nitrogens is 2. The molecule has 5 rings (SSSR count). The molecule has 0 atom stereocenters. The third kappa shape index (κ3) is 2.62. The Morgan fingerprint density at radius 1 is 1.23 bits per heavy atom. The fourth-order valence-corrected chi connectivity index (χ4v) is 4.31. The quantitative estimate of drug-likeness (QED) is 0.453. The van der Waals surface area contributed by atoms with Crippen LogP contribution in [0, 0.1) is 0 Å². The number of fused-ring (bicyclic) bond motifs is 4. The number of halogens is 1. The molecule has 3 N–H and O–H groups in total. The molecule has 0 saturated carbocycles. The zero-order valence-corrected chi connectivity index (χ0v) is 16.8. The Bertz CT molecular complexity index is 1660. The number of carbonyl (C=O) groups excluding carboxylic acids is 1. The molecule has 2 aromatic heterocycles. The monoisotopic (exact) mass is 435 g/mol. The molecule has 0 radical (unpaired) electrons. The average Bonchev–Trinajstić information content (AvgIpc) is 3.22. The van der Waals surface area contributed by atoms with Crippen LogP contribution in [0.1, 0.15) is 22.8 Å². The van der Waals surface area contributed by atoms with Crippen molar-refractivity contribution in [2.75, 3.05) is 0 Å². The number of pyridine rings is 1. The predicted octanol–water partition coefficient (Wildman–Crippen LogP) is 1.92. The first-order valence-electron chi connectivity index (χ1n) is 9.39. The van der Waals surface area contributed by atoms with Gasteiger partial charge >= 0.3 is 5.97 Å².